The van der Waals surface area contributed by atoms with Gasteiger partial charge >= 0.3 is 0 Å². The second kappa shape index (κ2) is 8.97. The van der Waals surface area contributed by atoms with Crippen LogP contribution in [0.3, 0.4) is 0 Å². The van der Waals surface area contributed by atoms with Crippen LogP contribution in [0.1, 0.15) is 16.9 Å². The van der Waals surface area contributed by atoms with Gasteiger partial charge in [-0.05, 0) is 24.6 Å². The molecule has 8 nitrogen and oxygen atoms in total. The van der Waals surface area contributed by atoms with Crippen molar-refractivity contribution in [1.82, 2.24) is 14.9 Å². The fourth-order valence-corrected chi connectivity index (χ4v) is 3.69. The Morgan fingerprint density at radius 2 is 1.90 bits per heavy atom. The maximum absolute atomic E-state index is 11.6. The van der Waals surface area contributed by atoms with Crippen molar-refractivity contribution in [1.29, 1.82) is 0 Å². The molecule has 0 saturated carbocycles. The zero-order valence-electron chi connectivity index (χ0n) is 16.6. The first-order chi connectivity index (χ1) is 15.0. The van der Waals surface area contributed by atoms with Gasteiger partial charge in [-0.1, -0.05) is 53.7 Å². The molecule has 0 saturated heterocycles. The van der Waals surface area contributed by atoms with Crippen LogP contribution in [0.15, 0.2) is 75.2 Å². The molecule has 3 N–H and O–H groups in total. The molecule has 0 aliphatic heterocycles. The number of phenols is 1. The summed E-state index contributed by atoms with van der Waals surface area (Å²) in [6.45, 7) is 2.45. The third-order valence-electron chi connectivity index (χ3n) is 4.50. The van der Waals surface area contributed by atoms with Gasteiger partial charge < -0.3 is 20.1 Å². The van der Waals surface area contributed by atoms with Crippen molar-refractivity contribution in [3.8, 4) is 22.9 Å². The predicted molar refractivity (Wildman–Crippen MR) is 118 cm³/mol. The van der Waals surface area contributed by atoms with Crippen molar-refractivity contribution >= 4 is 11.8 Å². The number of rotatable bonds is 7. The van der Waals surface area contributed by atoms with Gasteiger partial charge in [0.25, 0.3) is 0 Å². The normalized spacial score (nSPS) is 10.9. The van der Waals surface area contributed by atoms with Gasteiger partial charge in [-0.15, -0.1) is 10.2 Å². The van der Waals surface area contributed by atoms with E-state index in [1.165, 1.54) is 17.8 Å². The van der Waals surface area contributed by atoms with Crippen molar-refractivity contribution in [3.63, 3.8) is 0 Å². The van der Waals surface area contributed by atoms with Crippen molar-refractivity contribution in [2.75, 3.05) is 5.43 Å². The highest BCUT2D eigenvalue weighted by molar-refractivity contribution is 7.98. The van der Waals surface area contributed by atoms with E-state index < -0.39 is 11.2 Å². The van der Waals surface area contributed by atoms with Gasteiger partial charge in [0.15, 0.2) is 11.6 Å². The van der Waals surface area contributed by atoms with Gasteiger partial charge in [-0.25, -0.2) is 4.68 Å². The van der Waals surface area contributed by atoms with Crippen molar-refractivity contribution in [2.24, 2.45) is 0 Å². The molecule has 2 aromatic carbocycles. The van der Waals surface area contributed by atoms with E-state index in [1.807, 2.05) is 37.3 Å². The van der Waals surface area contributed by atoms with Crippen LogP contribution in [0.4, 0.5) is 0 Å². The van der Waals surface area contributed by atoms with Crippen LogP contribution in [0.25, 0.3) is 11.4 Å². The van der Waals surface area contributed by atoms with E-state index in [1.54, 1.807) is 22.9 Å². The van der Waals surface area contributed by atoms with E-state index >= 15 is 0 Å². The van der Waals surface area contributed by atoms with Crippen molar-refractivity contribution in [2.45, 2.75) is 24.4 Å². The molecule has 0 unspecified atom stereocenters. The second-order valence-electron chi connectivity index (χ2n) is 6.90. The van der Waals surface area contributed by atoms with E-state index in [0.29, 0.717) is 29.0 Å². The zero-order valence-corrected chi connectivity index (χ0v) is 17.5. The van der Waals surface area contributed by atoms with E-state index in [9.17, 15) is 15.0 Å². The molecular weight excluding hydrogens is 416 g/mol. The quantitative estimate of drug-likeness (QED) is 0.376. The van der Waals surface area contributed by atoms with Gasteiger partial charge in [0, 0.05) is 11.6 Å². The van der Waals surface area contributed by atoms with E-state index in [4.69, 9.17) is 4.42 Å². The number of thioether (sulfide) groups is 1. The highest BCUT2D eigenvalue weighted by Gasteiger charge is 2.15. The predicted octanol–water partition coefficient (Wildman–Crippen LogP) is 3.65. The fourth-order valence-electron chi connectivity index (χ4n) is 2.89. The lowest BCUT2D eigenvalue weighted by atomic mass is 10.1. The fraction of sp³-hybridized carbons (Fsp3) is 0.136. The smallest absolute Gasteiger partial charge is 0.226 e. The molecule has 4 rings (SSSR count). The number of phenolic OH excluding ortho intramolecular Hbond substituents is 1. The number of aryl methyl sites for hydroxylation is 1. The highest BCUT2D eigenvalue weighted by atomic mass is 32.2. The Labute approximate surface area is 182 Å². The Hall–Kier alpha value is -3.72. The Bertz CT molecular complexity index is 1250. The van der Waals surface area contributed by atoms with Crippen LogP contribution < -0.4 is 10.9 Å². The largest absolute Gasteiger partial charge is 0.508 e. The summed E-state index contributed by atoms with van der Waals surface area (Å²) in [7, 11) is 0. The number of benzene rings is 2. The number of aromatic nitrogens is 3. The van der Waals surface area contributed by atoms with Crippen LogP contribution in [0.5, 0.6) is 11.5 Å². The Morgan fingerprint density at radius 1 is 1.10 bits per heavy atom. The van der Waals surface area contributed by atoms with E-state index in [0.717, 1.165) is 23.0 Å². The van der Waals surface area contributed by atoms with Crippen LogP contribution in [-0.4, -0.2) is 25.1 Å². The maximum Gasteiger partial charge on any atom is 0.226 e. The van der Waals surface area contributed by atoms with Crippen LogP contribution in [0, 0.1) is 6.92 Å². The standard InChI is InChI=1S/C22H20N4O4S/c1-14-5-7-16(8-6-14)21-24-25-22(31-13-18-10-19(28)20(29)12-30-18)26(21)23-11-15-3-2-4-17(27)9-15/h2-10,12,23,27,29H,11,13H2,1H3. The highest BCUT2D eigenvalue weighted by Crippen LogP contribution is 2.26. The van der Waals surface area contributed by atoms with Gasteiger partial charge in [-0.2, -0.15) is 0 Å². The number of hydrogen-bond acceptors (Lipinski definition) is 8. The summed E-state index contributed by atoms with van der Waals surface area (Å²) in [6.07, 6.45) is 1.03. The zero-order chi connectivity index (χ0) is 21.8. The Kier molecular flexibility index (Phi) is 5.94. The minimum Gasteiger partial charge on any atom is -0.508 e. The molecule has 0 aliphatic rings. The summed E-state index contributed by atoms with van der Waals surface area (Å²) in [6, 6.07) is 16.2. The molecule has 4 aromatic rings. The summed E-state index contributed by atoms with van der Waals surface area (Å²) in [4.78, 5) is 11.6. The minimum atomic E-state index is -0.495. The monoisotopic (exact) mass is 436 g/mol. The van der Waals surface area contributed by atoms with Gasteiger partial charge in [0.05, 0.1) is 12.3 Å². The van der Waals surface area contributed by atoms with Crippen molar-refractivity contribution < 1.29 is 14.6 Å². The number of nitrogens with one attached hydrogen (secondary N) is 1. The summed E-state index contributed by atoms with van der Waals surface area (Å²) >= 11 is 1.33. The average molecular weight is 436 g/mol. The number of nitrogens with zero attached hydrogens (tertiary/aromatic N) is 3. The lowest BCUT2D eigenvalue weighted by molar-refractivity contribution is 0.419. The topological polar surface area (TPSA) is 113 Å². The Balaban J connectivity index is 1.61. The third-order valence-corrected chi connectivity index (χ3v) is 5.46. The molecule has 2 aromatic heterocycles. The van der Waals surface area contributed by atoms with Gasteiger partial charge in [-0.3, -0.25) is 4.79 Å². The first-order valence-corrected chi connectivity index (χ1v) is 10.5. The van der Waals surface area contributed by atoms with Gasteiger partial charge in [0.1, 0.15) is 17.8 Å². The molecular formula is C22H20N4O4S. The molecule has 0 fully saturated rings. The molecule has 0 radical (unpaired) electrons. The summed E-state index contributed by atoms with van der Waals surface area (Å²) in [5.41, 5.74) is 5.73. The lowest BCUT2D eigenvalue weighted by Crippen LogP contribution is -2.17. The first kappa shape index (κ1) is 20.5. The van der Waals surface area contributed by atoms with Crippen LogP contribution in [0.2, 0.25) is 0 Å². The molecule has 31 heavy (non-hydrogen) atoms. The molecule has 0 bridgehead atoms. The summed E-state index contributed by atoms with van der Waals surface area (Å²) in [5, 5.41) is 28.3. The summed E-state index contributed by atoms with van der Waals surface area (Å²) in [5.74, 6) is 1.14. The van der Waals surface area contributed by atoms with E-state index in [2.05, 4.69) is 15.6 Å². The SMILES string of the molecule is Cc1ccc(-c2nnc(SCc3cc(=O)c(O)co3)n2NCc2cccc(O)c2)cc1. The molecule has 0 amide bonds. The molecule has 158 valence electrons. The second-order valence-corrected chi connectivity index (χ2v) is 7.84. The van der Waals surface area contributed by atoms with Gasteiger partial charge in [0.2, 0.25) is 10.6 Å². The third kappa shape index (κ3) is 4.89. The molecule has 0 spiro atoms. The lowest BCUT2D eigenvalue weighted by Gasteiger charge is -2.13. The summed E-state index contributed by atoms with van der Waals surface area (Å²) < 4.78 is 7.05. The molecule has 0 atom stereocenters. The number of aromatic hydroxyl groups is 2. The molecule has 0 aliphatic carbocycles. The Morgan fingerprint density at radius 3 is 2.65 bits per heavy atom. The minimum absolute atomic E-state index is 0.193. The van der Waals surface area contributed by atoms with Crippen molar-refractivity contribution in [3.05, 3.63) is 88.0 Å². The average Bonchev–Trinajstić information content (AvgIpc) is 3.16. The molecule has 2 heterocycles. The number of hydrogen-bond donors (Lipinski definition) is 3. The molecule has 9 heteroatoms. The van der Waals surface area contributed by atoms with E-state index in [-0.39, 0.29) is 5.75 Å². The maximum atomic E-state index is 11.6. The van der Waals surface area contributed by atoms with Crippen LogP contribution in [-0.2, 0) is 12.3 Å². The van der Waals surface area contributed by atoms with Crippen LogP contribution >= 0.6 is 11.8 Å². The first-order valence-electron chi connectivity index (χ1n) is 9.47.